The van der Waals surface area contributed by atoms with E-state index in [2.05, 4.69) is 20.6 Å². The first-order chi connectivity index (χ1) is 11.0. The zero-order chi connectivity index (χ0) is 16.4. The molecule has 0 aliphatic heterocycles. The van der Waals surface area contributed by atoms with Crippen LogP contribution in [0, 0.1) is 0 Å². The number of carbonyl (C=O) groups is 1. The van der Waals surface area contributed by atoms with Crippen molar-refractivity contribution < 1.29 is 4.79 Å². The molecule has 0 bridgehead atoms. The van der Waals surface area contributed by atoms with E-state index >= 15 is 0 Å². The van der Waals surface area contributed by atoms with Crippen molar-refractivity contribution in [3.8, 4) is 0 Å². The summed E-state index contributed by atoms with van der Waals surface area (Å²) in [6, 6.07) is 5.87. The number of hydrogen-bond acceptors (Lipinski definition) is 4. The van der Waals surface area contributed by atoms with E-state index < -0.39 is 0 Å². The van der Waals surface area contributed by atoms with Crippen molar-refractivity contribution in [2.45, 2.75) is 38.6 Å². The molecule has 0 unspecified atom stereocenters. The fourth-order valence-electron chi connectivity index (χ4n) is 2.36. The van der Waals surface area contributed by atoms with E-state index in [4.69, 9.17) is 11.6 Å². The van der Waals surface area contributed by atoms with E-state index in [1.165, 1.54) is 6.33 Å². The molecule has 6 heteroatoms. The Hall–Kier alpha value is -2.14. The van der Waals surface area contributed by atoms with Crippen molar-refractivity contribution >= 4 is 28.9 Å². The van der Waals surface area contributed by atoms with Crippen molar-refractivity contribution in [1.82, 2.24) is 9.97 Å². The van der Waals surface area contributed by atoms with Crippen LogP contribution in [0.4, 0.5) is 11.4 Å². The molecule has 0 saturated heterocycles. The number of halogens is 1. The van der Waals surface area contributed by atoms with Crippen molar-refractivity contribution in [3.05, 3.63) is 47.0 Å². The summed E-state index contributed by atoms with van der Waals surface area (Å²) in [5, 5.41) is 6.97. The van der Waals surface area contributed by atoms with Gasteiger partial charge >= 0.3 is 0 Å². The van der Waals surface area contributed by atoms with E-state index in [1.54, 1.807) is 12.3 Å². The Kier molecular flexibility index (Phi) is 4.48. The van der Waals surface area contributed by atoms with E-state index in [0.29, 0.717) is 22.3 Å². The lowest BCUT2D eigenvalue weighted by Gasteiger charge is -2.15. The third kappa shape index (κ3) is 3.79. The molecular weight excluding hydrogens is 312 g/mol. The molecule has 1 aliphatic rings. The standard InChI is InChI=1S/C17H19ClN4O/c1-10(2)16-13(8-19-9-20-16)17(23)22-14-6-3-11(18)7-15(14)21-12-4-5-12/h3,6-10,12,21H,4-5H2,1-2H3,(H,22,23). The Morgan fingerprint density at radius 3 is 2.78 bits per heavy atom. The molecular formula is C17H19ClN4O. The minimum Gasteiger partial charge on any atom is -0.381 e. The van der Waals surface area contributed by atoms with Crippen molar-refractivity contribution in [2.24, 2.45) is 0 Å². The van der Waals surface area contributed by atoms with Crippen molar-refractivity contribution in [3.63, 3.8) is 0 Å². The van der Waals surface area contributed by atoms with Crippen LogP contribution in [-0.4, -0.2) is 21.9 Å². The number of nitrogens with zero attached hydrogens (tertiary/aromatic N) is 2. The highest BCUT2D eigenvalue weighted by molar-refractivity contribution is 6.31. The largest absolute Gasteiger partial charge is 0.381 e. The molecule has 2 aromatic rings. The summed E-state index contributed by atoms with van der Waals surface area (Å²) in [6.07, 6.45) is 5.31. The van der Waals surface area contributed by atoms with Crippen LogP contribution in [0.15, 0.2) is 30.7 Å². The minimum absolute atomic E-state index is 0.146. The summed E-state index contributed by atoms with van der Waals surface area (Å²) >= 11 is 6.07. The van der Waals surface area contributed by atoms with Gasteiger partial charge in [0.2, 0.25) is 0 Å². The fraction of sp³-hybridized carbons (Fsp3) is 0.353. The first kappa shape index (κ1) is 15.7. The summed E-state index contributed by atoms with van der Waals surface area (Å²) in [6.45, 7) is 4.00. The van der Waals surface area contributed by atoms with Gasteiger partial charge in [-0.1, -0.05) is 25.4 Å². The number of rotatable bonds is 5. The summed E-state index contributed by atoms with van der Waals surface area (Å²) in [5.41, 5.74) is 2.79. The van der Waals surface area contributed by atoms with Gasteiger partial charge in [-0.05, 0) is 37.0 Å². The van der Waals surface area contributed by atoms with Gasteiger partial charge in [0.15, 0.2) is 0 Å². The van der Waals surface area contributed by atoms with Gasteiger partial charge in [-0.3, -0.25) is 4.79 Å². The van der Waals surface area contributed by atoms with Crippen LogP contribution >= 0.6 is 11.6 Å². The van der Waals surface area contributed by atoms with Crippen molar-refractivity contribution in [1.29, 1.82) is 0 Å². The smallest absolute Gasteiger partial charge is 0.259 e. The fourth-order valence-corrected chi connectivity index (χ4v) is 2.53. The summed E-state index contributed by atoms with van der Waals surface area (Å²) < 4.78 is 0. The van der Waals surface area contributed by atoms with Gasteiger partial charge in [-0.15, -0.1) is 0 Å². The number of hydrogen-bond donors (Lipinski definition) is 2. The Morgan fingerprint density at radius 1 is 1.30 bits per heavy atom. The molecule has 1 fully saturated rings. The first-order valence-corrected chi connectivity index (χ1v) is 8.09. The maximum atomic E-state index is 12.6. The zero-order valence-corrected chi connectivity index (χ0v) is 13.9. The lowest BCUT2D eigenvalue weighted by molar-refractivity contribution is 0.102. The van der Waals surface area contributed by atoms with E-state index in [1.807, 2.05) is 26.0 Å². The second kappa shape index (κ2) is 6.54. The van der Waals surface area contributed by atoms with Crippen LogP contribution < -0.4 is 10.6 Å². The predicted molar refractivity (Wildman–Crippen MR) is 92.2 cm³/mol. The molecule has 0 radical (unpaired) electrons. The molecule has 0 atom stereocenters. The quantitative estimate of drug-likeness (QED) is 0.866. The van der Waals surface area contributed by atoms with Crippen LogP contribution in [0.3, 0.4) is 0 Å². The summed E-state index contributed by atoms with van der Waals surface area (Å²) in [7, 11) is 0. The van der Waals surface area contributed by atoms with Crippen LogP contribution in [0.1, 0.15) is 48.7 Å². The first-order valence-electron chi connectivity index (χ1n) is 7.72. The topological polar surface area (TPSA) is 66.9 Å². The molecule has 1 aromatic heterocycles. The summed E-state index contributed by atoms with van der Waals surface area (Å²) in [4.78, 5) is 20.8. The Balaban J connectivity index is 1.85. The van der Waals surface area contributed by atoms with Gasteiger partial charge in [0, 0.05) is 17.3 Å². The molecule has 5 nitrogen and oxygen atoms in total. The molecule has 120 valence electrons. The highest BCUT2D eigenvalue weighted by Gasteiger charge is 2.23. The van der Waals surface area contributed by atoms with Crippen LogP contribution in [0.25, 0.3) is 0 Å². The van der Waals surface area contributed by atoms with Crippen LogP contribution in [0.2, 0.25) is 5.02 Å². The second-order valence-electron chi connectivity index (χ2n) is 6.04. The van der Waals surface area contributed by atoms with Crippen LogP contribution in [-0.2, 0) is 0 Å². The third-order valence-corrected chi connectivity index (χ3v) is 3.94. The number of aromatic nitrogens is 2. The van der Waals surface area contributed by atoms with Crippen molar-refractivity contribution in [2.75, 3.05) is 10.6 Å². The van der Waals surface area contributed by atoms with Gasteiger partial charge in [0.1, 0.15) is 6.33 Å². The molecule has 1 aliphatic carbocycles. The van der Waals surface area contributed by atoms with Gasteiger partial charge in [0.05, 0.1) is 22.6 Å². The van der Waals surface area contributed by atoms with Gasteiger partial charge < -0.3 is 10.6 Å². The Bertz CT molecular complexity index is 728. The maximum absolute atomic E-state index is 12.6. The molecule has 2 N–H and O–H groups in total. The monoisotopic (exact) mass is 330 g/mol. The SMILES string of the molecule is CC(C)c1ncncc1C(=O)Nc1ccc(Cl)cc1NC1CC1. The zero-order valence-electron chi connectivity index (χ0n) is 13.1. The molecule has 23 heavy (non-hydrogen) atoms. The minimum atomic E-state index is -0.213. The third-order valence-electron chi connectivity index (χ3n) is 3.70. The molecule has 1 saturated carbocycles. The number of anilines is 2. The average Bonchev–Trinajstić information content (AvgIpc) is 3.34. The molecule has 3 rings (SSSR count). The molecule has 1 heterocycles. The van der Waals surface area contributed by atoms with E-state index in [-0.39, 0.29) is 11.8 Å². The normalized spacial score (nSPS) is 13.9. The lowest BCUT2D eigenvalue weighted by atomic mass is 10.0. The average molecular weight is 331 g/mol. The Morgan fingerprint density at radius 2 is 2.09 bits per heavy atom. The van der Waals surface area contributed by atoms with Gasteiger partial charge in [-0.2, -0.15) is 0 Å². The molecule has 1 aromatic carbocycles. The molecule has 1 amide bonds. The van der Waals surface area contributed by atoms with Gasteiger partial charge in [-0.25, -0.2) is 9.97 Å². The molecule has 0 spiro atoms. The second-order valence-corrected chi connectivity index (χ2v) is 6.48. The van der Waals surface area contributed by atoms with E-state index in [9.17, 15) is 4.79 Å². The highest BCUT2D eigenvalue weighted by Crippen LogP contribution is 2.32. The highest BCUT2D eigenvalue weighted by atomic mass is 35.5. The lowest BCUT2D eigenvalue weighted by Crippen LogP contribution is -2.17. The maximum Gasteiger partial charge on any atom is 0.259 e. The summed E-state index contributed by atoms with van der Waals surface area (Å²) in [5.74, 6) is -0.0662. The van der Waals surface area contributed by atoms with E-state index in [0.717, 1.165) is 24.2 Å². The predicted octanol–water partition coefficient (Wildman–Crippen LogP) is 4.08. The number of nitrogens with one attached hydrogen (secondary N) is 2. The van der Waals surface area contributed by atoms with Crippen LogP contribution in [0.5, 0.6) is 0 Å². The number of carbonyl (C=O) groups excluding carboxylic acids is 1. The Labute approximate surface area is 140 Å². The number of amides is 1. The van der Waals surface area contributed by atoms with Gasteiger partial charge in [0.25, 0.3) is 5.91 Å². The number of benzene rings is 1.